The van der Waals surface area contributed by atoms with Gasteiger partial charge in [0.1, 0.15) is 0 Å². The summed E-state index contributed by atoms with van der Waals surface area (Å²) in [5.41, 5.74) is 2.72. The first-order valence-electron chi connectivity index (χ1n) is 10.4. The van der Waals surface area contributed by atoms with Crippen LogP contribution in [0, 0.1) is 13.8 Å². The van der Waals surface area contributed by atoms with Crippen LogP contribution in [0.2, 0.25) is 0 Å². The third-order valence-electron chi connectivity index (χ3n) is 6.16. The molecule has 0 unspecified atom stereocenters. The third kappa shape index (κ3) is 5.20. The second-order valence-electron chi connectivity index (χ2n) is 8.02. The Labute approximate surface area is 180 Å². The first kappa shape index (κ1) is 23.1. The lowest BCUT2D eigenvalue weighted by atomic mass is 9.73. The van der Waals surface area contributed by atoms with Gasteiger partial charge < -0.3 is 15.4 Å². The number of rotatable bonds is 5. The molecule has 170 valence electrons. The fourth-order valence-electron chi connectivity index (χ4n) is 4.07. The molecule has 3 rings (SSSR count). The van der Waals surface area contributed by atoms with Gasteiger partial charge in [0, 0.05) is 57.1 Å². The summed E-state index contributed by atoms with van der Waals surface area (Å²) in [6.07, 6.45) is -3.09. The van der Waals surface area contributed by atoms with Crippen molar-refractivity contribution in [2.45, 2.75) is 44.8 Å². The van der Waals surface area contributed by atoms with E-state index in [2.05, 4.69) is 20.7 Å². The van der Waals surface area contributed by atoms with Crippen LogP contribution in [-0.4, -0.2) is 42.5 Å². The Balaban J connectivity index is 1.75. The lowest BCUT2D eigenvalue weighted by molar-refractivity contribution is -0.137. The maximum atomic E-state index is 13.3. The van der Waals surface area contributed by atoms with Gasteiger partial charge in [-0.1, -0.05) is 18.2 Å². The maximum Gasteiger partial charge on any atom is 0.416 e. The number of aromatic nitrogens is 2. The van der Waals surface area contributed by atoms with Crippen LogP contribution in [0.1, 0.15) is 40.9 Å². The van der Waals surface area contributed by atoms with Crippen LogP contribution >= 0.6 is 0 Å². The fraction of sp³-hybridized carbons (Fsp3) is 0.545. The minimum atomic E-state index is -4.37. The zero-order valence-corrected chi connectivity index (χ0v) is 18.4. The Hall–Kier alpha value is -2.55. The quantitative estimate of drug-likeness (QED) is 0.556. The van der Waals surface area contributed by atoms with E-state index in [-0.39, 0.29) is 0 Å². The predicted octanol–water partition coefficient (Wildman–Crippen LogP) is 3.47. The average molecular weight is 438 g/mol. The van der Waals surface area contributed by atoms with E-state index in [4.69, 9.17) is 4.74 Å². The Bertz CT molecular complexity index is 930. The molecule has 9 heteroatoms. The summed E-state index contributed by atoms with van der Waals surface area (Å²) < 4.78 is 47.2. The molecule has 0 amide bonds. The van der Waals surface area contributed by atoms with Gasteiger partial charge in [-0.25, -0.2) is 0 Å². The molecular weight excluding hydrogens is 407 g/mol. The van der Waals surface area contributed by atoms with Gasteiger partial charge in [0.15, 0.2) is 5.96 Å². The highest BCUT2D eigenvalue weighted by atomic mass is 19.4. The standard InChI is InChI=1S/C22H30F3N5O/c1-15-19(16(2)30(4)29-15)13-27-20(26-3)28-14-21(8-10-31-11-9-21)17-6-5-7-18(12-17)22(23,24)25/h5-7,12H,8-11,13-14H2,1-4H3,(H2,26,27,28). The average Bonchev–Trinajstić information content (AvgIpc) is 2.99. The van der Waals surface area contributed by atoms with Crippen molar-refractivity contribution in [3.8, 4) is 0 Å². The highest BCUT2D eigenvalue weighted by Crippen LogP contribution is 2.37. The topological polar surface area (TPSA) is 63.5 Å². The molecule has 2 heterocycles. The molecule has 2 aromatic rings. The van der Waals surface area contributed by atoms with E-state index in [1.165, 1.54) is 12.1 Å². The molecule has 1 fully saturated rings. The minimum Gasteiger partial charge on any atom is -0.381 e. The van der Waals surface area contributed by atoms with Gasteiger partial charge in [0.2, 0.25) is 0 Å². The molecule has 0 spiro atoms. The highest BCUT2D eigenvalue weighted by Gasteiger charge is 2.37. The van der Waals surface area contributed by atoms with Gasteiger partial charge in [-0.05, 0) is 38.3 Å². The predicted molar refractivity (Wildman–Crippen MR) is 114 cm³/mol. The molecule has 0 atom stereocenters. The fourth-order valence-corrected chi connectivity index (χ4v) is 4.07. The lowest BCUT2D eigenvalue weighted by Gasteiger charge is -2.38. The van der Waals surface area contributed by atoms with E-state index in [1.807, 2.05) is 25.6 Å². The molecule has 1 aliphatic rings. The number of halogens is 3. The third-order valence-corrected chi connectivity index (χ3v) is 6.16. The number of aryl methyl sites for hydroxylation is 2. The van der Waals surface area contributed by atoms with Crippen LogP contribution in [0.15, 0.2) is 29.3 Å². The first-order chi connectivity index (χ1) is 14.7. The molecule has 1 aromatic heterocycles. The number of benzene rings is 1. The molecule has 31 heavy (non-hydrogen) atoms. The second kappa shape index (κ2) is 9.30. The monoisotopic (exact) mass is 437 g/mol. The summed E-state index contributed by atoms with van der Waals surface area (Å²) in [4.78, 5) is 4.29. The van der Waals surface area contributed by atoms with Crippen molar-refractivity contribution in [3.63, 3.8) is 0 Å². The van der Waals surface area contributed by atoms with Gasteiger partial charge in [0.05, 0.1) is 11.3 Å². The maximum absolute atomic E-state index is 13.3. The Kier molecular flexibility index (Phi) is 6.93. The van der Waals surface area contributed by atoms with Gasteiger partial charge in [0.25, 0.3) is 0 Å². The molecule has 0 radical (unpaired) electrons. The van der Waals surface area contributed by atoms with Crippen LogP contribution in [0.25, 0.3) is 0 Å². The SMILES string of the molecule is CN=C(NCc1c(C)nn(C)c1C)NCC1(c2cccc(C(F)(F)F)c2)CCOCC1. The van der Waals surface area contributed by atoms with Crippen LogP contribution in [0.3, 0.4) is 0 Å². The van der Waals surface area contributed by atoms with Crippen LogP contribution < -0.4 is 10.6 Å². The molecule has 0 aliphatic carbocycles. The molecule has 6 nitrogen and oxygen atoms in total. The first-order valence-corrected chi connectivity index (χ1v) is 10.4. The van der Waals surface area contributed by atoms with Crippen molar-refractivity contribution in [1.82, 2.24) is 20.4 Å². The second-order valence-corrected chi connectivity index (χ2v) is 8.02. The molecular formula is C22H30F3N5O. The lowest BCUT2D eigenvalue weighted by Crippen LogP contribution is -2.48. The van der Waals surface area contributed by atoms with Gasteiger partial charge >= 0.3 is 6.18 Å². The number of hydrogen-bond acceptors (Lipinski definition) is 3. The van der Waals surface area contributed by atoms with Crippen molar-refractivity contribution >= 4 is 5.96 Å². The number of nitrogens with one attached hydrogen (secondary N) is 2. The summed E-state index contributed by atoms with van der Waals surface area (Å²) in [6.45, 7) is 6.02. The van der Waals surface area contributed by atoms with E-state index < -0.39 is 17.2 Å². The van der Waals surface area contributed by atoms with E-state index in [0.29, 0.717) is 50.7 Å². The molecule has 1 aliphatic heterocycles. The van der Waals surface area contributed by atoms with Crippen molar-refractivity contribution in [2.24, 2.45) is 12.0 Å². The van der Waals surface area contributed by atoms with E-state index in [1.54, 1.807) is 13.1 Å². The zero-order chi connectivity index (χ0) is 22.6. The molecule has 2 N–H and O–H groups in total. The summed E-state index contributed by atoms with van der Waals surface area (Å²) in [5, 5.41) is 11.0. The molecule has 0 saturated carbocycles. The largest absolute Gasteiger partial charge is 0.416 e. The van der Waals surface area contributed by atoms with Gasteiger partial charge in [-0.2, -0.15) is 18.3 Å². The number of guanidine groups is 1. The Morgan fingerprint density at radius 2 is 1.94 bits per heavy atom. The Morgan fingerprint density at radius 3 is 2.52 bits per heavy atom. The van der Waals surface area contributed by atoms with E-state index in [9.17, 15) is 13.2 Å². The Morgan fingerprint density at radius 1 is 1.23 bits per heavy atom. The minimum absolute atomic E-state index is 0.461. The molecule has 1 saturated heterocycles. The van der Waals surface area contributed by atoms with Gasteiger partial charge in [-0.3, -0.25) is 9.67 Å². The summed E-state index contributed by atoms with van der Waals surface area (Å²) in [7, 11) is 3.59. The molecule has 1 aromatic carbocycles. The smallest absolute Gasteiger partial charge is 0.381 e. The van der Waals surface area contributed by atoms with Crippen molar-refractivity contribution in [2.75, 3.05) is 26.8 Å². The normalized spacial score (nSPS) is 16.9. The summed E-state index contributed by atoms with van der Waals surface area (Å²) in [5.74, 6) is 0.598. The van der Waals surface area contributed by atoms with Crippen molar-refractivity contribution in [1.29, 1.82) is 0 Å². The van der Waals surface area contributed by atoms with Crippen molar-refractivity contribution < 1.29 is 17.9 Å². The summed E-state index contributed by atoms with van der Waals surface area (Å²) >= 11 is 0. The number of ether oxygens (including phenoxy) is 1. The number of nitrogens with zero attached hydrogens (tertiary/aromatic N) is 3. The molecule has 0 bridgehead atoms. The van der Waals surface area contributed by atoms with Crippen molar-refractivity contribution in [3.05, 3.63) is 52.3 Å². The zero-order valence-electron chi connectivity index (χ0n) is 18.4. The van der Waals surface area contributed by atoms with Crippen LogP contribution in [-0.2, 0) is 29.9 Å². The van der Waals surface area contributed by atoms with E-state index in [0.717, 1.165) is 23.0 Å². The van der Waals surface area contributed by atoms with Gasteiger partial charge in [-0.15, -0.1) is 0 Å². The summed E-state index contributed by atoms with van der Waals surface area (Å²) in [6, 6.07) is 5.64. The number of aliphatic imine (C=N–C) groups is 1. The number of alkyl halides is 3. The highest BCUT2D eigenvalue weighted by molar-refractivity contribution is 5.79. The van der Waals surface area contributed by atoms with Crippen LogP contribution in [0.5, 0.6) is 0 Å². The van der Waals surface area contributed by atoms with E-state index >= 15 is 0 Å². The van der Waals surface area contributed by atoms with Crippen LogP contribution in [0.4, 0.5) is 13.2 Å². The number of hydrogen-bond donors (Lipinski definition) is 2.